The SMILES string of the molecule is COc1ccc(C)cc1-n1ccc(C(=O)NCC(O)COc2ccc3c(c2)OCO3)n1. The number of aromatic nitrogens is 2. The molecule has 9 nitrogen and oxygen atoms in total. The monoisotopic (exact) mass is 425 g/mol. The Morgan fingerprint density at radius 3 is 2.90 bits per heavy atom. The summed E-state index contributed by atoms with van der Waals surface area (Å²) in [6.07, 6.45) is 0.791. The minimum atomic E-state index is -0.895. The number of nitrogens with zero attached hydrogens (tertiary/aromatic N) is 2. The number of ether oxygens (including phenoxy) is 4. The van der Waals surface area contributed by atoms with E-state index in [2.05, 4.69) is 10.4 Å². The largest absolute Gasteiger partial charge is 0.494 e. The van der Waals surface area contributed by atoms with Crippen molar-refractivity contribution < 1.29 is 28.8 Å². The minimum Gasteiger partial charge on any atom is -0.494 e. The highest BCUT2D eigenvalue weighted by Crippen LogP contribution is 2.35. The number of aliphatic hydroxyl groups is 1. The number of hydrogen-bond donors (Lipinski definition) is 2. The molecule has 0 saturated heterocycles. The third kappa shape index (κ3) is 4.72. The maximum atomic E-state index is 12.4. The summed E-state index contributed by atoms with van der Waals surface area (Å²) in [5.41, 5.74) is 2.01. The summed E-state index contributed by atoms with van der Waals surface area (Å²) in [4.78, 5) is 12.4. The van der Waals surface area contributed by atoms with Crippen LogP contribution in [0.1, 0.15) is 16.1 Å². The van der Waals surface area contributed by atoms with Gasteiger partial charge < -0.3 is 29.4 Å². The highest BCUT2D eigenvalue weighted by atomic mass is 16.7. The summed E-state index contributed by atoms with van der Waals surface area (Å²) in [6.45, 7) is 2.17. The van der Waals surface area contributed by atoms with Gasteiger partial charge in [-0.25, -0.2) is 4.68 Å². The first-order valence-electron chi connectivity index (χ1n) is 9.73. The summed E-state index contributed by atoms with van der Waals surface area (Å²) in [7, 11) is 1.58. The number of fused-ring (bicyclic) bond motifs is 1. The zero-order valence-corrected chi connectivity index (χ0v) is 17.2. The second kappa shape index (κ2) is 8.97. The third-order valence-corrected chi connectivity index (χ3v) is 4.69. The summed E-state index contributed by atoms with van der Waals surface area (Å²) >= 11 is 0. The van der Waals surface area contributed by atoms with Crippen molar-refractivity contribution in [2.75, 3.05) is 27.1 Å². The van der Waals surface area contributed by atoms with Crippen molar-refractivity contribution in [1.29, 1.82) is 0 Å². The fourth-order valence-electron chi connectivity index (χ4n) is 3.08. The molecule has 1 amide bonds. The van der Waals surface area contributed by atoms with Crippen LogP contribution in [0.4, 0.5) is 0 Å². The van der Waals surface area contributed by atoms with E-state index in [1.165, 1.54) is 0 Å². The number of nitrogens with one attached hydrogen (secondary N) is 1. The Morgan fingerprint density at radius 1 is 1.23 bits per heavy atom. The lowest BCUT2D eigenvalue weighted by Gasteiger charge is -2.13. The second-order valence-corrected chi connectivity index (χ2v) is 7.01. The molecule has 1 aliphatic rings. The maximum absolute atomic E-state index is 12.4. The molecule has 4 rings (SSSR count). The number of rotatable bonds is 8. The second-order valence-electron chi connectivity index (χ2n) is 7.01. The van der Waals surface area contributed by atoms with Crippen LogP contribution in [0.25, 0.3) is 5.69 Å². The molecule has 0 radical (unpaired) electrons. The van der Waals surface area contributed by atoms with Crippen molar-refractivity contribution in [1.82, 2.24) is 15.1 Å². The van der Waals surface area contributed by atoms with Gasteiger partial charge in [-0.15, -0.1) is 0 Å². The first-order valence-corrected chi connectivity index (χ1v) is 9.73. The number of benzene rings is 2. The van der Waals surface area contributed by atoms with Gasteiger partial charge in [-0.1, -0.05) is 6.07 Å². The van der Waals surface area contributed by atoms with Crippen molar-refractivity contribution in [2.24, 2.45) is 0 Å². The van der Waals surface area contributed by atoms with Gasteiger partial charge >= 0.3 is 0 Å². The van der Waals surface area contributed by atoms with Gasteiger partial charge in [0.05, 0.1) is 7.11 Å². The normalized spacial score (nSPS) is 13.0. The van der Waals surface area contributed by atoms with Crippen molar-refractivity contribution >= 4 is 5.91 Å². The number of aliphatic hydroxyl groups excluding tert-OH is 1. The molecule has 0 saturated carbocycles. The molecule has 0 aliphatic carbocycles. The summed E-state index contributed by atoms with van der Waals surface area (Å²) < 4.78 is 23.0. The van der Waals surface area contributed by atoms with E-state index in [4.69, 9.17) is 18.9 Å². The summed E-state index contributed by atoms with van der Waals surface area (Å²) in [5, 5.41) is 17.1. The van der Waals surface area contributed by atoms with Crippen molar-refractivity contribution in [2.45, 2.75) is 13.0 Å². The van der Waals surface area contributed by atoms with Crippen LogP contribution in [0, 0.1) is 6.92 Å². The summed E-state index contributed by atoms with van der Waals surface area (Å²) in [6, 6.07) is 12.5. The van der Waals surface area contributed by atoms with Gasteiger partial charge in [0.15, 0.2) is 17.2 Å². The van der Waals surface area contributed by atoms with Gasteiger partial charge in [0, 0.05) is 18.8 Å². The molecule has 162 valence electrons. The number of aryl methyl sites for hydroxylation is 1. The minimum absolute atomic E-state index is 0.00879. The topological polar surface area (TPSA) is 104 Å². The van der Waals surface area contributed by atoms with Gasteiger partial charge in [-0.3, -0.25) is 4.79 Å². The van der Waals surface area contributed by atoms with Crippen LogP contribution >= 0.6 is 0 Å². The molecule has 2 N–H and O–H groups in total. The van der Waals surface area contributed by atoms with E-state index in [0.717, 1.165) is 11.3 Å². The first-order chi connectivity index (χ1) is 15.0. The molecule has 0 spiro atoms. The van der Waals surface area contributed by atoms with Crippen LogP contribution in [-0.2, 0) is 0 Å². The van der Waals surface area contributed by atoms with Crippen molar-refractivity contribution in [3.63, 3.8) is 0 Å². The molecule has 3 aromatic rings. The van der Waals surface area contributed by atoms with Crippen molar-refractivity contribution in [3.05, 3.63) is 59.9 Å². The lowest BCUT2D eigenvalue weighted by molar-refractivity contribution is 0.0839. The smallest absolute Gasteiger partial charge is 0.271 e. The number of methoxy groups -OCH3 is 1. The molecule has 2 aromatic carbocycles. The predicted octanol–water partition coefficient (Wildman–Crippen LogP) is 2.09. The molecule has 0 fully saturated rings. The van der Waals surface area contributed by atoms with Gasteiger partial charge in [-0.2, -0.15) is 5.10 Å². The zero-order chi connectivity index (χ0) is 21.8. The highest BCUT2D eigenvalue weighted by Gasteiger charge is 2.16. The van der Waals surface area contributed by atoms with Crippen LogP contribution in [0.2, 0.25) is 0 Å². The molecule has 31 heavy (non-hydrogen) atoms. The lowest BCUT2D eigenvalue weighted by atomic mass is 10.2. The van der Waals surface area contributed by atoms with Gasteiger partial charge in [0.1, 0.15) is 29.9 Å². The Morgan fingerprint density at radius 2 is 2.06 bits per heavy atom. The molecule has 1 unspecified atom stereocenters. The molecule has 1 atom stereocenters. The predicted molar refractivity (Wildman–Crippen MR) is 111 cm³/mol. The third-order valence-electron chi connectivity index (χ3n) is 4.69. The lowest BCUT2D eigenvalue weighted by Crippen LogP contribution is -2.35. The Hall–Kier alpha value is -3.72. The molecule has 1 aliphatic heterocycles. The molecule has 2 heterocycles. The molecular formula is C22H23N3O6. The average molecular weight is 425 g/mol. The molecule has 0 bridgehead atoms. The Balaban J connectivity index is 1.30. The van der Waals surface area contributed by atoms with E-state index < -0.39 is 12.0 Å². The Bertz CT molecular complexity index is 1080. The van der Waals surface area contributed by atoms with Crippen LogP contribution in [-0.4, -0.2) is 54.0 Å². The number of carbonyl (C=O) groups is 1. The standard InChI is InChI=1S/C22H23N3O6/c1-14-3-5-19(28-2)18(9-14)25-8-7-17(24-25)22(27)23-11-15(26)12-29-16-4-6-20-21(10-16)31-13-30-20/h3-10,15,26H,11-13H2,1-2H3,(H,23,27). The van der Waals surface area contributed by atoms with E-state index in [9.17, 15) is 9.90 Å². The van der Waals surface area contributed by atoms with Gasteiger partial charge in [0.25, 0.3) is 5.91 Å². The van der Waals surface area contributed by atoms with E-state index in [-0.39, 0.29) is 25.6 Å². The van der Waals surface area contributed by atoms with Crippen LogP contribution in [0.15, 0.2) is 48.7 Å². The Kier molecular flexibility index (Phi) is 5.94. The highest BCUT2D eigenvalue weighted by molar-refractivity contribution is 5.92. The van der Waals surface area contributed by atoms with Gasteiger partial charge in [-0.05, 0) is 42.8 Å². The zero-order valence-electron chi connectivity index (χ0n) is 17.2. The van der Waals surface area contributed by atoms with Crippen LogP contribution in [0.5, 0.6) is 23.0 Å². The van der Waals surface area contributed by atoms with E-state index in [1.807, 2.05) is 25.1 Å². The molecule has 9 heteroatoms. The quantitative estimate of drug-likeness (QED) is 0.569. The molecule has 1 aromatic heterocycles. The fraction of sp³-hybridized carbons (Fsp3) is 0.273. The molecular weight excluding hydrogens is 402 g/mol. The first kappa shape index (κ1) is 20.5. The summed E-state index contributed by atoms with van der Waals surface area (Å²) in [5.74, 6) is 2.05. The van der Waals surface area contributed by atoms with Crippen molar-refractivity contribution in [3.8, 4) is 28.7 Å². The van der Waals surface area contributed by atoms with E-state index in [1.54, 1.807) is 42.3 Å². The fourth-order valence-corrected chi connectivity index (χ4v) is 3.08. The number of hydrogen-bond acceptors (Lipinski definition) is 7. The average Bonchev–Trinajstić information content (AvgIpc) is 3.45. The maximum Gasteiger partial charge on any atom is 0.271 e. The number of amides is 1. The van der Waals surface area contributed by atoms with Crippen LogP contribution < -0.4 is 24.3 Å². The van der Waals surface area contributed by atoms with E-state index in [0.29, 0.717) is 23.0 Å². The van der Waals surface area contributed by atoms with Crippen LogP contribution in [0.3, 0.4) is 0 Å². The van der Waals surface area contributed by atoms with E-state index >= 15 is 0 Å². The Labute approximate surface area is 179 Å². The number of carbonyl (C=O) groups excluding carboxylic acids is 1. The van der Waals surface area contributed by atoms with Gasteiger partial charge in [0.2, 0.25) is 6.79 Å².